The molecule has 5 nitrogen and oxygen atoms in total. The third-order valence-corrected chi connectivity index (χ3v) is 4.52. The smallest absolute Gasteiger partial charge is 0.203 e. The lowest BCUT2D eigenvalue weighted by molar-refractivity contribution is 0.219. The highest BCUT2D eigenvalue weighted by molar-refractivity contribution is 5.60. The molecule has 0 amide bonds. The molecule has 0 aromatic heterocycles. The second-order valence-corrected chi connectivity index (χ2v) is 5.61. The fourth-order valence-corrected chi connectivity index (χ4v) is 3.55. The number of nitrogens with zero attached hydrogens (tertiary/aromatic N) is 1. The first-order valence-corrected chi connectivity index (χ1v) is 7.56. The van der Waals surface area contributed by atoms with E-state index < -0.39 is 0 Å². The Morgan fingerprint density at radius 2 is 1.76 bits per heavy atom. The van der Waals surface area contributed by atoms with Gasteiger partial charge in [-0.15, -0.1) is 0 Å². The van der Waals surface area contributed by atoms with Crippen molar-refractivity contribution in [3.05, 3.63) is 17.2 Å². The molecule has 0 radical (unpaired) electrons. The molecule has 2 heterocycles. The zero-order chi connectivity index (χ0) is 14.8. The second kappa shape index (κ2) is 6.12. The summed E-state index contributed by atoms with van der Waals surface area (Å²) >= 11 is 0. The molecule has 1 saturated heterocycles. The van der Waals surface area contributed by atoms with Gasteiger partial charge in [0, 0.05) is 18.7 Å². The molecule has 0 spiro atoms. The molecule has 2 aliphatic rings. The fourth-order valence-electron chi connectivity index (χ4n) is 3.55. The molecule has 1 fully saturated rings. The lowest BCUT2D eigenvalue weighted by Gasteiger charge is -2.35. The van der Waals surface area contributed by atoms with Crippen molar-refractivity contribution in [2.75, 3.05) is 41.0 Å². The third-order valence-electron chi connectivity index (χ3n) is 4.52. The van der Waals surface area contributed by atoms with E-state index in [1.807, 2.05) is 0 Å². The average molecular weight is 292 g/mol. The summed E-state index contributed by atoms with van der Waals surface area (Å²) in [4.78, 5) is 2.54. The van der Waals surface area contributed by atoms with Crippen LogP contribution in [0.5, 0.6) is 17.2 Å². The Kier molecular flexibility index (Phi) is 4.22. The summed E-state index contributed by atoms with van der Waals surface area (Å²) in [6, 6.07) is 2.43. The lowest BCUT2D eigenvalue weighted by atomic mass is 9.93. The Morgan fingerprint density at radius 3 is 2.38 bits per heavy atom. The van der Waals surface area contributed by atoms with Gasteiger partial charge in [0.25, 0.3) is 0 Å². The van der Waals surface area contributed by atoms with Gasteiger partial charge in [-0.25, -0.2) is 0 Å². The van der Waals surface area contributed by atoms with E-state index in [1.54, 1.807) is 21.3 Å². The van der Waals surface area contributed by atoms with Crippen LogP contribution in [0.2, 0.25) is 0 Å². The van der Waals surface area contributed by atoms with Gasteiger partial charge >= 0.3 is 0 Å². The maximum atomic E-state index is 5.71. The first kappa shape index (κ1) is 14.5. The molecule has 21 heavy (non-hydrogen) atoms. The zero-order valence-electron chi connectivity index (χ0n) is 13.1. The second-order valence-electron chi connectivity index (χ2n) is 5.61. The van der Waals surface area contributed by atoms with E-state index in [4.69, 9.17) is 14.2 Å². The van der Waals surface area contributed by atoms with Crippen LogP contribution in [0.15, 0.2) is 6.07 Å². The zero-order valence-corrected chi connectivity index (χ0v) is 13.1. The van der Waals surface area contributed by atoms with Crippen molar-refractivity contribution in [3.63, 3.8) is 0 Å². The number of fused-ring (bicyclic) bond motifs is 1. The third kappa shape index (κ3) is 2.45. The van der Waals surface area contributed by atoms with Gasteiger partial charge in [0.1, 0.15) is 0 Å². The summed E-state index contributed by atoms with van der Waals surface area (Å²) in [6.07, 6.45) is 2.56. The molecule has 2 aliphatic heterocycles. The summed E-state index contributed by atoms with van der Waals surface area (Å²) in [5.74, 6) is 2.26. The van der Waals surface area contributed by atoms with E-state index in [0.29, 0.717) is 11.8 Å². The molecule has 3 rings (SSSR count). The fraction of sp³-hybridized carbons (Fsp3) is 0.625. The molecule has 5 heteroatoms. The first-order valence-electron chi connectivity index (χ1n) is 7.56. The van der Waals surface area contributed by atoms with Gasteiger partial charge in [-0.3, -0.25) is 4.90 Å². The summed E-state index contributed by atoms with van der Waals surface area (Å²) in [7, 11) is 5.04. The van der Waals surface area contributed by atoms with Gasteiger partial charge in [0.05, 0.1) is 27.4 Å². The Morgan fingerprint density at radius 1 is 1.05 bits per heavy atom. The molecule has 1 N–H and O–H groups in total. The van der Waals surface area contributed by atoms with E-state index in [-0.39, 0.29) is 0 Å². The van der Waals surface area contributed by atoms with Gasteiger partial charge < -0.3 is 19.5 Å². The van der Waals surface area contributed by atoms with Gasteiger partial charge in [-0.05, 0) is 37.6 Å². The number of ether oxygens (including phenoxy) is 3. The molecular formula is C16H24N2O3. The molecular weight excluding hydrogens is 268 g/mol. The topological polar surface area (TPSA) is 43.0 Å². The SMILES string of the molecule is COc1cc2c(c(OC)c1OC)[C@H](N1CCCC1)CNC2. The normalized spacial score (nSPS) is 22.0. The Hall–Kier alpha value is -1.46. The predicted octanol–water partition coefficient (Wildman–Crippen LogP) is 1.95. The van der Waals surface area contributed by atoms with E-state index in [0.717, 1.165) is 37.7 Å². The van der Waals surface area contributed by atoms with E-state index in [1.165, 1.54) is 24.0 Å². The lowest BCUT2D eigenvalue weighted by Crippen LogP contribution is -2.38. The highest BCUT2D eigenvalue weighted by Crippen LogP contribution is 2.47. The first-order chi connectivity index (χ1) is 10.3. The maximum absolute atomic E-state index is 5.71. The number of likely N-dealkylation sites (tertiary alicyclic amines) is 1. The van der Waals surface area contributed by atoms with Crippen LogP contribution in [0.1, 0.15) is 30.0 Å². The van der Waals surface area contributed by atoms with Crippen molar-refractivity contribution in [2.24, 2.45) is 0 Å². The number of methoxy groups -OCH3 is 3. The van der Waals surface area contributed by atoms with Crippen LogP contribution in [0.4, 0.5) is 0 Å². The molecule has 0 bridgehead atoms. The summed E-state index contributed by atoms with van der Waals surface area (Å²) < 4.78 is 16.7. The molecule has 1 atom stereocenters. The number of nitrogens with one attached hydrogen (secondary N) is 1. The monoisotopic (exact) mass is 292 g/mol. The highest BCUT2D eigenvalue weighted by atomic mass is 16.5. The van der Waals surface area contributed by atoms with Crippen LogP contribution in [0.25, 0.3) is 0 Å². The van der Waals surface area contributed by atoms with Crippen molar-refractivity contribution in [1.82, 2.24) is 10.2 Å². The quantitative estimate of drug-likeness (QED) is 0.919. The molecule has 1 aromatic carbocycles. The van der Waals surface area contributed by atoms with Crippen molar-refractivity contribution >= 4 is 0 Å². The molecule has 0 saturated carbocycles. The average Bonchev–Trinajstić information content (AvgIpc) is 3.06. The van der Waals surface area contributed by atoms with Gasteiger partial charge in [-0.2, -0.15) is 0 Å². The number of hydrogen-bond donors (Lipinski definition) is 1. The molecule has 116 valence electrons. The van der Waals surface area contributed by atoms with Crippen LogP contribution in [-0.2, 0) is 6.54 Å². The summed E-state index contributed by atoms with van der Waals surface area (Å²) in [6.45, 7) is 4.11. The van der Waals surface area contributed by atoms with E-state index in [2.05, 4.69) is 16.3 Å². The predicted molar refractivity (Wildman–Crippen MR) is 81.4 cm³/mol. The summed E-state index contributed by atoms with van der Waals surface area (Å²) in [5.41, 5.74) is 2.50. The van der Waals surface area contributed by atoms with Crippen LogP contribution < -0.4 is 19.5 Å². The van der Waals surface area contributed by atoms with Crippen LogP contribution in [-0.4, -0.2) is 45.9 Å². The van der Waals surface area contributed by atoms with Crippen molar-refractivity contribution in [2.45, 2.75) is 25.4 Å². The van der Waals surface area contributed by atoms with Crippen molar-refractivity contribution in [3.8, 4) is 17.2 Å². The largest absolute Gasteiger partial charge is 0.493 e. The minimum absolute atomic E-state index is 0.353. The van der Waals surface area contributed by atoms with E-state index >= 15 is 0 Å². The standard InChI is InChI=1S/C16H24N2O3/c1-19-13-8-11-9-17-10-12(18-6-4-5-7-18)14(11)16(21-3)15(13)20-2/h8,12,17H,4-7,9-10H2,1-3H3/t12-/m1/s1. The van der Waals surface area contributed by atoms with Gasteiger partial charge in [-0.1, -0.05) is 0 Å². The number of hydrogen-bond acceptors (Lipinski definition) is 5. The minimum atomic E-state index is 0.353. The minimum Gasteiger partial charge on any atom is -0.493 e. The maximum Gasteiger partial charge on any atom is 0.203 e. The Labute approximate surface area is 126 Å². The Balaban J connectivity index is 2.11. The van der Waals surface area contributed by atoms with Crippen molar-refractivity contribution in [1.29, 1.82) is 0 Å². The van der Waals surface area contributed by atoms with Gasteiger partial charge in [0.2, 0.25) is 5.75 Å². The summed E-state index contributed by atoms with van der Waals surface area (Å²) in [5, 5.41) is 3.51. The van der Waals surface area contributed by atoms with Crippen LogP contribution in [0.3, 0.4) is 0 Å². The van der Waals surface area contributed by atoms with Gasteiger partial charge in [0.15, 0.2) is 11.5 Å². The number of benzene rings is 1. The van der Waals surface area contributed by atoms with E-state index in [9.17, 15) is 0 Å². The van der Waals surface area contributed by atoms with Crippen LogP contribution in [0, 0.1) is 0 Å². The van der Waals surface area contributed by atoms with Crippen LogP contribution >= 0.6 is 0 Å². The molecule has 0 unspecified atom stereocenters. The molecule has 0 aliphatic carbocycles. The molecule has 1 aromatic rings. The number of rotatable bonds is 4. The highest BCUT2D eigenvalue weighted by Gasteiger charge is 2.33. The van der Waals surface area contributed by atoms with Crippen molar-refractivity contribution < 1.29 is 14.2 Å². The Bertz CT molecular complexity index is 513.